The summed E-state index contributed by atoms with van der Waals surface area (Å²) < 4.78 is 0. The van der Waals surface area contributed by atoms with Crippen LogP contribution in [0.5, 0.6) is 0 Å². The summed E-state index contributed by atoms with van der Waals surface area (Å²) in [7, 11) is 0. The molecule has 0 aliphatic rings. The molecule has 0 rings (SSSR count). The number of hydrogen-bond donors (Lipinski definition) is 2. The van der Waals surface area contributed by atoms with E-state index in [2.05, 4.69) is 25.7 Å². The van der Waals surface area contributed by atoms with Gasteiger partial charge in [-0.25, -0.2) is 0 Å². The van der Waals surface area contributed by atoms with Crippen molar-refractivity contribution in [3.05, 3.63) is 0 Å². The van der Waals surface area contributed by atoms with E-state index in [-0.39, 0.29) is 6.04 Å². The van der Waals surface area contributed by atoms with Crippen LogP contribution >= 0.6 is 0 Å². The zero-order chi connectivity index (χ0) is 23.7. The van der Waals surface area contributed by atoms with Crippen LogP contribution in [0.2, 0.25) is 0 Å². The fourth-order valence-electron chi connectivity index (χ4n) is 5.04. The number of nitrogens with zero attached hydrogens (tertiary/aromatic N) is 1. The highest BCUT2D eigenvalue weighted by atomic mass is 15.2. The molecule has 0 saturated heterocycles. The summed E-state index contributed by atoms with van der Waals surface area (Å²) >= 11 is 0. The molecule has 0 fully saturated rings. The molecule has 0 spiro atoms. The maximum absolute atomic E-state index is 6.40. The largest absolute Gasteiger partial charge is 0.329 e. The molecule has 3 nitrogen and oxygen atoms in total. The lowest BCUT2D eigenvalue weighted by molar-refractivity contribution is 0.160. The van der Waals surface area contributed by atoms with Crippen LogP contribution in [0.4, 0.5) is 0 Å². The predicted octanol–water partition coefficient (Wildman–Crippen LogP) is 8.19. The summed E-state index contributed by atoms with van der Waals surface area (Å²) in [6.45, 7) is 9.89. The average Bonchev–Trinajstić information content (AvgIpc) is 2.81. The van der Waals surface area contributed by atoms with Crippen molar-refractivity contribution in [2.45, 2.75) is 168 Å². The second-order valence-electron chi connectivity index (χ2n) is 10.3. The third-order valence-electron chi connectivity index (χ3n) is 7.25. The maximum atomic E-state index is 6.40. The van der Waals surface area contributed by atoms with Crippen LogP contribution in [0.15, 0.2) is 0 Å². The molecule has 0 amide bonds. The van der Waals surface area contributed by atoms with Crippen LogP contribution < -0.4 is 11.5 Å². The van der Waals surface area contributed by atoms with Crippen LogP contribution in [0.1, 0.15) is 156 Å². The summed E-state index contributed by atoms with van der Waals surface area (Å²) in [6, 6.07) is 0.573. The molecule has 0 aromatic carbocycles. The van der Waals surface area contributed by atoms with Gasteiger partial charge in [0.15, 0.2) is 0 Å². The van der Waals surface area contributed by atoms with Crippen molar-refractivity contribution in [1.29, 1.82) is 0 Å². The Bertz CT molecular complexity index is 323. The first kappa shape index (κ1) is 31.9. The van der Waals surface area contributed by atoms with Crippen molar-refractivity contribution in [2.24, 2.45) is 11.5 Å². The molecule has 0 aliphatic heterocycles. The van der Waals surface area contributed by atoms with Gasteiger partial charge in [0, 0.05) is 18.6 Å². The Hall–Kier alpha value is -0.120. The summed E-state index contributed by atoms with van der Waals surface area (Å²) in [5.41, 5.74) is 12.3. The minimum Gasteiger partial charge on any atom is -0.329 e. The van der Waals surface area contributed by atoms with Gasteiger partial charge in [-0.15, -0.1) is 0 Å². The topological polar surface area (TPSA) is 55.3 Å². The molecule has 0 heterocycles. The van der Waals surface area contributed by atoms with E-state index in [1.165, 1.54) is 142 Å². The third-order valence-corrected chi connectivity index (χ3v) is 7.25. The molecule has 0 saturated carbocycles. The van der Waals surface area contributed by atoms with Gasteiger partial charge in [0.1, 0.15) is 0 Å². The normalized spacial score (nSPS) is 13.7. The Morgan fingerprint density at radius 2 is 0.812 bits per heavy atom. The van der Waals surface area contributed by atoms with Gasteiger partial charge in [-0.1, -0.05) is 136 Å². The molecule has 2 atom stereocenters. The van der Waals surface area contributed by atoms with Crippen LogP contribution in [-0.2, 0) is 0 Å². The van der Waals surface area contributed by atoms with E-state index < -0.39 is 0 Å². The van der Waals surface area contributed by atoms with Gasteiger partial charge in [0.2, 0.25) is 0 Å². The molecule has 4 N–H and O–H groups in total. The standard InChI is InChI=1S/C29H63N3/c1-4-7-9-11-13-15-17-19-21-23-25-32(29(6-3)28(31)27-30)26-24-22-20-18-16-14-12-10-8-5-2/h28-29H,4-27,30-31H2,1-3H3. The fraction of sp³-hybridized carbons (Fsp3) is 1.00. The minimum absolute atomic E-state index is 0.117. The van der Waals surface area contributed by atoms with Gasteiger partial charge < -0.3 is 11.5 Å². The number of unbranched alkanes of at least 4 members (excludes halogenated alkanes) is 18. The minimum atomic E-state index is 0.117. The Morgan fingerprint density at radius 1 is 0.500 bits per heavy atom. The maximum Gasteiger partial charge on any atom is 0.0321 e. The first-order chi connectivity index (χ1) is 15.7. The molecule has 0 aromatic rings. The third kappa shape index (κ3) is 19.4. The lowest BCUT2D eigenvalue weighted by Gasteiger charge is -2.35. The molecule has 0 bridgehead atoms. The van der Waals surface area contributed by atoms with E-state index in [4.69, 9.17) is 11.5 Å². The molecular weight excluding hydrogens is 390 g/mol. The molecule has 2 unspecified atom stereocenters. The van der Waals surface area contributed by atoms with Gasteiger partial charge in [-0.05, 0) is 32.4 Å². The Kier molecular flexibility index (Phi) is 25.4. The predicted molar refractivity (Wildman–Crippen MR) is 146 cm³/mol. The van der Waals surface area contributed by atoms with E-state index in [9.17, 15) is 0 Å². The highest BCUT2D eigenvalue weighted by Gasteiger charge is 2.21. The fourth-order valence-corrected chi connectivity index (χ4v) is 5.04. The van der Waals surface area contributed by atoms with E-state index in [1.54, 1.807) is 0 Å². The van der Waals surface area contributed by atoms with Gasteiger partial charge in [0.05, 0.1) is 0 Å². The van der Waals surface area contributed by atoms with E-state index in [1.807, 2.05) is 0 Å². The Labute approximate surface area is 203 Å². The van der Waals surface area contributed by atoms with Crippen molar-refractivity contribution in [3.63, 3.8) is 0 Å². The molecule has 0 aromatic heterocycles. The molecule has 194 valence electrons. The SMILES string of the molecule is CCCCCCCCCCCCN(CCCCCCCCCCCC)C(CC)C(N)CN. The summed E-state index contributed by atoms with van der Waals surface area (Å²) in [5, 5.41) is 0. The van der Waals surface area contributed by atoms with Crippen molar-refractivity contribution in [3.8, 4) is 0 Å². The van der Waals surface area contributed by atoms with Crippen LogP contribution in [-0.4, -0.2) is 36.6 Å². The van der Waals surface area contributed by atoms with E-state index >= 15 is 0 Å². The molecule has 32 heavy (non-hydrogen) atoms. The molecule has 0 aliphatic carbocycles. The van der Waals surface area contributed by atoms with Crippen LogP contribution in [0.3, 0.4) is 0 Å². The number of hydrogen-bond acceptors (Lipinski definition) is 3. The smallest absolute Gasteiger partial charge is 0.0321 e. The molecule has 3 heteroatoms. The van der Waals surface area contributed by atoms with Crippen molar-refractivity contribution >= 4 is 0 Å². The molecule has 0 radical (unpaired) electrons. The lowest BCUT2D eigenvalue weighted by atomic mass is 10.0. The quantitative estimate of drug-likeness (QED) is 0.130. The van der Waals surface area contributed by atoms with Gasteiger partial charge in [0.25, 0.3) is 0 Å². The summed E-state index contributed by atoms with van der Waals surface area (Å²) in [6.07, 6.45) is 29.2. The summed E-state index contributed by atoms with van der Waals surface area (Å²) in [5.74, 6) is 0. The zero-order valence-corrected chi connectivity index (χ0v) is 22.7. The Balaban J connectivity index is 3.99. The van der Waals surface area contributed by atoms with Gasteiger partial charge in [-0.2, -0.15) is 0 Å². The van der Waals surface area contributed by atoms with Gasteiger partial charge >= 0.3 is 0 Å². The number of rotatable bonds is 26. The summed E-state index contributed by atoms with van der Waals surface area (Å²) in [4.78, 5) is 2.69. The van der Waals surface area contributed by atoms with Crippen molar-refractivity contribution in [2.75, 3.05) is 19.6 Å². The van der Waals surface area contributed by atoms with Gasteiger partial charge in [-0.3, -0.25) is 4.90 Å². The average molecular weight is 454 g/mol. The van der Waals surface area contributed by atoms with Crippen molar-refractivity contribution < 1.29 is 0 Å². The van der Waals surface area contributed by atoms with Crippen LogP contribution in [0.25, 0.3) is 0 Å². The second kappa shape index (κ2) is 25.5. The highest BCUT2D eigenvalue weighted by Crippen LogP contribution is 2.16. The monoisotopic (exact) mass is 454 g/mol. The first-order valence-electron chi connectivity index (χ1n) is 14.9. The van der Waals surface area contributed by atoms with Crippen LogP contribution in [0, 0.1) is 0 Å². The molecular formula is C29H63N3. The van der Waals surface area contributed by atoms with Crippen molar-refractivity contribution in [1.82, 2.24) is 4.90 Å². The first-order valence-corrected chi connectivity index (χ1v) is 14.9. The highest BCUT2D eigenvalue weighted by molar-refractivity contribution is 4.82. The zero-order valence-electron chi connectivity index (χ0n) is 22.7. The lowest BCUT2D eigenvalue weighted by Crippen LogP contribution is -2.51. The Morgan fingerprint density at radius 3 is 1.09 bits per heavy atom. The van der Waals surface area contributed by atoms with E-state index in [0.29, 0.717) is 12.6 Å². The number of nitrogens with two attached hydrogens (primary N) is 2. The second-order valence-corrected chi connectivity index (χ2v) is 10.3. The van der Waals surface area contributed by atoms with E-state index in [0.717, 1.165) is 6.42 Å².